The normalized spacial score (nSPS) is 10.5. The summed E-state index contributed by atoms with van der Waals surface area (Å²) in [6, 6.07) is 3.47. The Balaban J connectivity index is 3.22. The third-order valence-electron chi connectivity index (χ3n) is 2.00. The van der Waals surface area contributed by atoms with Crippen molar-refractivity contribution in [3.05, 3.63) is 28.3 Å². The van der Waals surface area contributed by atoms with Crippen molar-refractivity contribution in [2.45, 2.75) is 33.8 Å². The van der Waals surface area contributed by atoms with Crippen LogP contribution in [0.25, 0.3) is 0 Å². The fourth-order valence-corrected chi connectivity index (χ4v) is 1.44. The second-order valence-corrected chi connectivity index (χ2v) is 4.23. The van der Waals surface area contributed by atoms with E-state index in [0.717, 1.165) is 5.56 Å². The number of carbonyl (C=O) groups is 1. The van der Waals surface area contributed by atoms with Crippen molar-refractivity contribution >= 4 is 17.4 Å². The van der Waals surface area contributed by atoms with Crippen molar-refractivity contribution < 1.29 is 9.53 Å². The van der Waals surface area contributed by atoms with E-state index in [-0.39, 0.29) is 11.9 Å². The maximum absolute atomic E-state index is 11.4. The Labute approximate surface area is 95.2 Å². The van der Waals surface area contributed by atoms with E-state index in [1.54, 1.807) is 12.1 Å². The smallest absolute Gasteiger partial charge is 0.163 e. The number of halogens is 1. The predicted molar refractivity (Wildman–Crippen MR) is 62.0 cm³/mol. The molecule has 0 saturated heterocycles. The predicted octanol–water partition coefficient (Wildman–Crippen LogP) is 3.64. The summed E-state index contributed by atoms with van der Waals surface area (Å²) in [5, 5.41) is 0.621. The lowest BCUT2D eigenvalue weighted by Crippen LogP contribution is -2.09. The van der Waals surface area contributed by atoms with E-state index in [2.05, 4.69) is 0 Å². The van der Waals surface area contributed by atoms with Gasteiger partial charge >= 0.3 is 0 Å². The molecule has 0 N–H and O–H groups in total. The summed E-state index contributed by atoms with van der Waals surface area (Å²) in [5.41, 5.74) is 1.48. The molecule has 0 atom stereocenters. The molecule has 1 rings (SSSR count). The van der Waals surface area contributed by atoms with Gasteiger partial charge in [-0.2, -0.15) is 0 Å². The Morgan fingerprint density at radius 3 is 2.47 bits per heavy atom. The van der Waals surface area contributed by atoms with Gasteiger partial charge in [-0.3, -0.25) is 4.79 Å². The molecular weight excluding hydrogens is 212 g/mol. The Morgan fingerprint density at radius 1 is 1.40 bits per heavy atom. The van der Waals surface area contributed by atoms with Gasteiger partial charge in [0.05, 0.1) is 11.7 Å². The minimum atomic E-state index is -0.00887. The van der Waals surface area contributed by atoms with E-state index < -0.39 is 0 Å². The highest BCUT2D eigenvalue weighted by molar-refractivity contribution is 6.31. The molecule has 0 aliphatic heterocycles. The Hall–Kier alpha value is -1.02. The molecule has 15 heavy (non-hydrogen) atoms. The van der Waals surface area contributed by atoms with Crippen molar-refractivity contribution in [2.24, 2.45) is 0 Å². The van der Waals surface area contributed by atoms with Gasteiger partial charge in [-0.1, -0.05) is 11.6 Å². The topological polar surface area (TPSA) is 26.3 Å². The van der Waals surface area contributed by atoms with Crippen LogP contribution >= 0.6 is 11.6 Å². The number of ether oxygens (including phenoxy) is 1. The SMILES string of the molecule is CC(=O)c1cc(C)c(Cl)cc1OC(C)C. The molecular formula is C12H15ClO2. The lowest BCUT2D eigenvalue weighted by molar-refractivity contribution is 0.101. The van der Waals surface area contributed by atoms with E-state index in [9.17, 15) is 4.79 Å². The van der Waals surface area contributed by atoms with Gasteiger partial charge in [0.1, 0.15) is 5.75 Å². The van der Waals surface area contributed by atoms with Crippen LogP contribution in [0.15, 0.2) is 12.1 Å². The molecule has 1 aromatic carbocycles. The molecule has 0 bridgehead atoms. The lowest BCUT2D eigenvalue weighted by Gasteiger charge is -2.14. The summed E-state index contributed by atoms with van der Waals surface area (Å²) >= 11 is 5.98. The maximum atomic E-state index is 11.4. The fraction of sp³-hybridized carbons (Fsp3) is 0.417. The summed E-state index contributed by atoms with van der Waals surface area (Å²) in [6.07, 6.45) is 0.0295. The zero-order chi connectivity index (χ0) is 11.6. The van der Waals surface area contributed by atoms with E-state index in [4.69, 9.17) is 16.3 Å². The van der Waals surface area contributed by atoms with Crippen LogP contribution in [0.4, 0.5) is 0 Å². The summed E-state index contributed by atoms with van der Waals surface area (Å²) in [4.78, 5) is 11.4. The first-order chi connectivity index (χ1) is 6.91. The Kier molecular flexibility index (Phi) is 3.75. The van der Waals surface area contributed by atoms with E-state index in [1.807, 2.05) is 20.8 Å². The van der Waals surface area contributed by atoms with Crippen LogP contribution in [0.5, 0.6) is 5.75 Å². The summed E-state index contributed by atoms with van der Waals surface area (Å²) in [6.45, 7) is 7.22. The van der Waals surface area contributed by atoms with Crippen LogP contribution < -0.4 is 4.74 Å². The quantitative estimate of drug-likeness (QED) is 0.736. The first kappa shape index (κ1) is 12.1. The first-order valence-corrected chi connectivity index (χ1v) is 5.27. The molecule has 0 amide bonds. The van der Waals surface area contributed by atoms with Gasteiger partial charge in [-0.05, 0) is 45.4 Å². The zero-order valence-electron chi connectivity index (χ0n) is 9.43. The number of hydrogen-bond acceptors (Lipinski definition) is 2. The molecule has 0 aromatic heterocycles. The van der Waals surface area contributed by atoms with Gasteiger partial charge in [-0.15, -0.1) is 0 Å². The van der Waals surface area contributed by atoms with Gasteiger partial charge in [-0.25, -0.2) is 0 Å². The highest BCUT2D eigenvalue weighted by atomic mass is 35.5. The van der Waals surface area contributed by atoms with Crippen molar-refractivity contribution in [2.75, 3.05) is 0 Å². The van der Waals surface area contributed by atoms with E-state index >= 15 is 0 Å². The molecule has 0 radical (unpaired) electrons. The van der Waals surface area contributed by atoms with Crippen molar-refractivity contribution in [3.63, 3.8) is 0 Å². The van der Waals surface area contributed by atoms with Crippen LogP contribution in [-0.4, -0.2) is 11.9 Å². The van der Waals surface area contributed by atoms with Crippen LogP contribution in [-0.2, 0) is 0 Å². The molecule has 1 aromatic rings. The third-order valence-corrected chi connectivity index (χ3v) is 2.41. The van der Waals surface area contributed by atoms with Crippen LogP contribution in [0.3, 0.4) is 0 Å². The molecule has 0 spiro atoms. The first-order valence-electron chi connectivity index (χ1n) is 4.89. The molecule has 2 nitrogen and oxygen atoms in total. The van der Waals surface area contributed by atoms with Crippen LogP contribution in [0.2, 0.25) is 5.02 Å². The minimum absolute atomic E-state index is 0.00887. The minimum Gasteiger partial charge on any atom is -0.490 e. The highest BCUT2D eigenvalue weighted by Crippen LogP contribution is 2.28. The van der Waals surface area contributed by atoms with E-state index in [0.29, 0.717) is 16.3 Å². The average molecular weight is 227 g/mol. The van der Waals surface area contributed by atoms with Crippen molar-refractivity contribution in [1.29, 1.82) is 0 Å². The molecule has 0 aliphatic carbocycles. The number of aryl methyl sites for hydroxylation is 1. The second kappa shape index (κ2) is 4.67. The van der Waals surface area contributed by atoms with Gasteiger partial charge in [0.15, 0.2) is 5.78 Å². The summed E-state index contributed by atoms with van der Waals surface area (Å²) in [5.74, 6) is 0.554. The largest absolute Gasteiger partial charge is 0.490 e. The van der Waals surface area contributed by atoms with Crippen molar-refractivity contribution in [1.82, 2.24) is 0 Å². The summed E-state index contributed by atoms with van der Waals surface area (Å²) in [7, 11) is 0. The van der Waals surface area contributed by atoms with Crippen LogP contribution in [0.1, 0.15) is 36.7 Å². The van der Waals surface area contributed by atoms with Crippen molar-refractivity contribution in [3.8, 4) is 5.75 Å². The number of Topliss-reactive ketones (excluding diaryl/α,β-unsaturated/α-hetero) is 1. The summed E-state index contributed by atoms with van der Waals surface area (Å²) < 4.78 is 5.54. The fourth-order valence-electron chi connectivity index (χ4n) is 1.29. The molecule has 0 heterocycles. The van der Waals surface area contributed by atoms with Gasteiger partial charge in [0.2, 0.25) is 0 Å². The third kappa shape index (κ3) is 2.96. The molecule has 0 unspecified atom stereocenters. The number of ketones is 1. The number of rotatable bonds is 3. The number of benzene rings is 1. The Morgan fingerprint density at radius 2 is 2.00 bits per heavy atom. The van der Waals surface area contributed by atoms with Gasteiger partial charge in [0.25, 0.3) is 0 Å². The number of carbonyl (C=O) groups excluding carboxylic acids is 1. The van der Waals surface area contributed by atoms with Gasteiger partial charge in [0, 0.05) is 5.02 Å². The lowest BCUT2D eigenvalue weighted by atomic mass is 10.1. The molecule has 3 heteroatoms. The van der Waals surface area contributed by atoms with Gasteiger partial charge < -0.3 is 4.74 Å². The standard InChI is InChI=1S/C12H15ClO2/c1-7(2)15-12-6-11(13)8(3)5-10(12)9(4)14/h5-7H,1-4H3. The number of hydrogen-bond donors (Lipinski definition) is 0. The maximum Gasteiger partial charge on any atom is 0.163 e. The average Bonchev–Trinajstić information content (AvgIpc) is 2.09. The molecule has 0 aliphatic rings. The molecule has 82 valence electrons. The van der Waals surface area contributed by atoms with E-state index in [1.165, 1.54) is 6.92 Å². The molecule has 0 saturated carbocycles. The second-order valence-electron chi connectivity index (χ2n) is 3.82. The highest BCUT2D eigenvalue weighted by Gasteiger charge is 2.12. The monoisotopic (exact) mass is 226 g/mol. The Bertz CT molecular complexity index is 383. The molecule has 0 fully saturated rings. The van der Waals surface area contributed by atoms with Crippen LogP contribution in [0, 0.1) is 6.92 Å². The zero-order valence-corrected chi connectivity index (χ0v) is 10.2.